The number of nitrogens with zero attached hydrogens (tertiary/aromatic N) is 1. The minimum absolute atomic E-state index is 0.143. The SMILES string of the molecule is COC1(OCC#N)C=CC(Cl)=CC1NC(=S)Nc1ccc(NC(C)=O)cc1. The number of carbonyl (C=O) groups excluding carboxylic acids is 1. The van der Waals surface area contributed by atoms with Crippen LogP contribution in [0.2, 0.25) is 0 Å². The molecule has 1 aromatic carbocycles. The minimum Gasteiger partial charge on any atom is -0.350 e. The van der Waals surface area contributed by atoms with Gasteiger partial charge in [0.2, 0.25) is 11.7 Å². The van der Waals surface area contributed by atoms with Gasteiger partial charge in [0.05, 0.1) is 6.07 Å². The number of halogens is 1. The molecule has 0 bridgehead atoms. The van der Waals surface area contributed by atoms with Gasteiger partial charge in [0, 0.05) is 30.4 Å². The summed E-state index contributed by atoms with van der Waals surface area (Å²) in [5.74, 6) is -1.36. The van der Waals surface area contributed by atoms with Crippen molar-refractivity contribution in [3.8, 4) is 6.07 Å². The van der Waals surface area contributed by atoms with Crippen LogP contribution in [0.15, 0.2) is 47.5 Å². The maximum absolute atomic E-state index is 11.1. The number of rotatable bonds is 6. The Hall–Kier alpha value is -2.44. The van der Waals surface area contributed by atoms with Gasteiger partial charge in [-0.2, -0.15) is 5.26 Å². The van der Waals surface area contributed by atoms with Gasteiger partial charge in [-0.25, -0.2) is 0 Å². The molecule has 0 fully saturated rings. The molecule has 0 heterocycles. The third-order valence-electron chi connectivity index (χ3n) is 3.67. The summed E-state index contributed by atoms with van der Waals surface area (Å²) in [4.78, 5) is 11.1. The second kappa shape index (κ2) is 9.48. The molecule has 1 aliphatic rings. The fraction of sp³-hybridized carbons (Fsp3) is 0.278. The average molecular weight is 407 g/mol. The van der Waals surface area contributed by atoms with Gasteiger partial charge in [-0.05, 0) is 54.7 Å². The number of methoxy groups -OCH3 is 1. The van der Waals surface area contributed by atoms with Gasteiger partial charge in [-0.3, -0.25) is 4.79 Å². The number of ether oxygens (including phenoxy) is 2. The monoisotopic (exact) mass is 406 g/mol. The normalized spacial score (nSPS) is 21.0. The highest BCUT2D eigenvalue weighted by Gasteiger charge is 2.39. The lowest BCUT2D eigenvalue weighted by atomic mass is 10.0. The maximum Gasteiger partial charge on any atom is 0.221 e. The molecule has 1 aliphatic carbocycles. The molecule has 1 aromatic rings. The van der Waals surface area contributed by atoms with E-state index >= 15 is 0 Å². The van der Waals surface area contributed by atoms with E-state index in [1.54, 1.807) is 42.5 Å². The number of amides is 1. The minimum atomic E-state index is -1.21. The van der Waals surface area contributed by atoms with Gasteiger partial charge in [0.15, 0.2) is 5.11 Å². The average Bonchev–Trinajstić information content (AvgIpc) is 2.63. The molecule has 0 spiro atoms. The number of anilines is 2. The van der Waals surface area contributed by atoms with E-state index in [0.29, 0.717) is 15.8 Å². The number of nitriles is 1. The molecule has 0 radical (unpaired) electrons. The fourth-order valence-corrected chi connectivity index (χ4v) is 2.89. The van der Waals surface area contributed by atoms with Gasteiger partial charge < -0.3 is 25.4 Å². The Kier molecular flexibility index (Phi) is 7.33. The van der Waals surface area contributed by atoms with Crippen LogP contribution in [0, 0.1) is 11.3 Å². The second-order valence-corrected chi connectivity index (χ2v) is 6.44. The first kappa shape index (κ1) is 20.9. The Morgan fingerprint density at radius 1 is 1.33 bits per heavy atom. The fourth-order valence-electron chi connectivity index (χ4n) is 2.46. The van der Waals surface area contributed by atoms with Crippen LogP contribution < -0.4 is 16.0 Å². The van der Waals surface area contributed by atoms with E-state index in [1.807, 2.05) is 6.07 Å². The van der Waals surface area contributed by atoms with E-state index in [1.165, 1.54) is 14.0 Å². The smallest absolute Gasteiger partial charge is 0.221 e. The van der Waals surface area contributed by atoms with Crippen molar-refractivity contribution in [1.29, 1.82) is 5.26 Å². The third-order valence-corrected chi connectivity index (χ3v) is 4.14. The van der Waals surface area contributed by atoms with Crippen LogP contribution in [0.4, 0.5) is 11.4 Å². The Labute approximate surface area is 168 Å². The predicted molar refractivity (Wildman–Crippen MR) is 108 cm³/mol. The highest BCUT2D eigenvalue weighted by atomic mass is 35.5. The Morgan fingerprint density at radius 2 is 1.96 bits per heavy atom. The van der Waals surface area contributed by atoms with Crippen molar-refractivity contribution in [2.24, 2.45) is 0 Å². The zero-order valence-corrected chi connectivity index (χ0v) is 16.4. The van der Waals surface area contributed by atoms with E-state index in [0.717, 1.165) is 5.69 Å². The summed E-state index contributed by atoms with van der Waals surface area (Å²) in [5.41, 5.74) is 1.41. The molecule has 142 valence electrons. The lowest BCUT2D eigenvalue weighted by Gasteiger charge is -2.37. The summed E-state index contributed by atoms with van der Waals surface area (Å²) < 4.78 is 11.1. The molecule has 27 heavy (non-hydrogen) atoms. The number of nitrogens with one attached hydrogen (secondary N) is 3. The van der Waals surface area contributed by atoms with Crippen molar-refractivity contribution < 1.29 is 14.3 Å². The number of allylic oxidation sites excluding steroid dienone is 2. The number of hydrogen-bond acceptors (Lipinski definition) is 5. The topological polar surface area (TPSA) is 95.4 Å². The van der Waals surface area contributed by atoms with Gasteiger partial charge >= 0.3 is 0 Å². The highest BCUT2D eigenvalue weighted by Crippen LogP contribution is 2.28. The van der Waals surface area contributed by atoms with Crippen LogP contribution in [-0.2, 0) is 14.3 Å². The van der Waals surface area contributed by atoms with Crippen LogP contribution in [0.25, 0.3) is 0 Å². The largest absolute Gasteiger partial charge is 0.350 e. The molecule has 0 aliphatic heterocycles. The number of carbonyl (C=O) groups is 1. The molecule has 0 saturated heterocycles. The molecule has 9 heteroatoms. The Bertz CT molecular complexity index is 804. The van der Waals surface area contributed by atoms with Crippen LogP contribution >= 0.6 is 23.8 Å². The first-order valence-corrected chi connectivity index (χ1v) is 8.75. The maximum atomic E-state index is 11.1. The van der Waals surface area contributed by atoms with Crippen molar-refractivity contribution in [2.45, 2.75) is 18.8 Å². The summed E-state index contributed by atoms with van der Waals surface area (Å²) in [6, 6.07) is 8.43. The first-order chi connectivity index (χ1) is 12.9. The molecule has 2 atom stereocenters. The summed E-state index contributed by atoms with van der Waals surface area (Å²) in [6.45, 7) is 1.28. The lowest BCUT2D eigenvalue weighted by Crippen LogP contribution is -2.55. The van der Waals surface area contributed by atoms with Gasteiger partial charge in [-0.15, -0.1) is 0 Å². The third kappa shape index (κ3) is 5.77. The highest BCUT2D eigenvalue weighted by molar-refractivity contribution is 7.80. The molecule has 0 saturated carbocycles. The molecule has 7 nitrogen and oxygen atoms in total. The van der Waals surface area contributed by atoms with E-state index in [-0.39, 0.29) is 12.5 Å². The summed E-state index contributed by atoms with van der Waals surface area (Å²) in [7, 11) is 1.47. The predicted octanol–water partition coefficient (Wildman–Crippen LogP) is 2.88. The van der Waals surface area contributed by atoms with Crippen LogP contribution in [0.3, 0.4) is 0 Å². The molecule has 2 unspecified atom stereocenters. The summed E-state index contributed by atoms with van der Waals surface area (Å²) in [6.07, 6.45) is 4.96. The van der Waals surface area contributed by atoms with Crippen LogP contribution in [0.1, 0.15) is 6.92 Å². The number of thiocarbonyl (C=S) groups is 1. The van der Waals surface area contributed by atoms with Crippen molar-refractivity contribution in [2.75, 3.05) is 24.4 Å². The van der Waals surface area contributed by atoms with Gasteiger partial charge in [0.1, 0.15) is 12.6 Å². The molecule has 1 amide bonds. The van der Waals surface area contributed by atoms with Crippen molar-refractivity contribution >= 4 is 46.2 Å². The van der Waals surface area contributed by atoms with E-state index in [2.05, 4.69) is 16.0 Å². The quantitative estimate of drug-likeness (QED) is 0.493. The molecule has 2 rings (SSSR count). The summed E-state index contributed by atoms with van der Waals surface area (Å²) in [5, 5.41) is 18.4. The van der Waals surface area contributed by atoms with Crippen molar-refractivity contribution in [3.63, 3.8) is 0 Å². The first-order valence-electron chi connectivity index (χ1n) is 7.96. The number of hydrogen-bond donors (Lipinski definition) is 3. The Morgan fingerprint density at radius 3 is 2.52 bits per heavy atom. The molecular weight excluding hydrogens is 388 g/mol. The zero-order chi connectivity index (χ0) is 19.9. The van der Waals surface area contributed by atoms with Crippen molar-refractivity contribution in [1.82, 2.24) is 5.32 Å². The molecule has 3 N–H and O–H groups in total. The molecular formula is C18H19ClN4O3S. The summed E-state index contributed by atoms with van der Waals surface area (Å²) >= 11 is 11.4. The van der Waals surface area contributed by atoms with Gasteiger partial charge in [0.25, 0.3) is 0 Å². The van der Waals surface area contributed by atoms with Crippen molar-refractivity contribution in [3.05, 3.63) is 47.5 Å². The van der Waals surface area contributed by atoms with E-state index < -0.39 is 11.8 Å². The second-order valence-electron chi connectivity index (χ2n) is 5.59. The van der Waals surface area contributed by atoms with Gasteiger partial charge in [-0.1, -0.05) is 11.6 Å². The molecule has 0 aromatic heterocycles. The zero-order valence-electron chi connectivity index (χ0n) is 14.8. The van der Waals surface area contributed by atoms with Crippen LogP contribution in [-0.4, -0.2) is 36.6 Å². The Balaban J connectivity index is 2.06. The number of benzene rings is 1. The van der Waals surface area contributed by atoms with E-state index in [4.69, 9.17) is 38.6 Å². The lowest BCUT2D eigenvalue weighted by molar-refractivity contribution is -0.189. The van der Waals surface area contributed by atoms with E-state index in [9.17, 15) is 4.79 Å². The standard InChI is InChI=1S/C18H19ClN4O3S/c1-12(24)21-14-3-5-15(6-4-14)22-17(27)23-16-11-13(19)7-8-18(16,25-2)26-10-9-20/h3-8,11,16H,10H2,1-2H3,(H,21,24)(H2,22,23,27). The van der Waals surface area contributed by atoms with Crippen LogP contribution in [0.5, 0.6) is 0 Å².